The molecule has 304 valence electrons. The van der Waals surface area contributed by atoms with Crippen LogP contribution in [-0.4, -0.2) is 17.6 Å². The molecule has 9 aromatic rings. The van der Waals surface area contributed by atoms with Gasteiger partial charge in [0.15, 0.2) is 0 Å². The monoisotopic (exact) mass is 819 g/mol. The van der Waals surface area contributed by atoms with Gasteiger partial charge < -0.3 is 0 Å². The summed E-state index contributed by atoms with van der Waals surface area (Å²) >= 11 is 0. The molecule has 0 atom stereocenters. The van der Waals surface area contributed by atoms with Gasteiger partial charge in [0.05, 0.1) is 33.8 Å². The first-order valence-electron chi connectivity index (χ1n) is 21.3. The van der Waals surface area contributed by atoms with E-state index in [1.165, 1.54) is 11.1 Å². The van der Waals surface area contributed by atoms with Crippen molar-refractivity contribution in [1.29, 1.82) is 0 Å². The van der Waals surface area contributed by atoms with E-state index < -0.39 is 0 Å². The van der Waals surface area contributed by atoms with Gasteiger partial charge in [0.2, 0.25) is 0 Å². The molecule has 0 radical (unpaired) electrons. The third-order valence-electron chi connectivity index (χ3n) is 10.3. The lowest BCUT2D eigenvalue weighted by Gasteiger charge is -2.05. The lowest BCUT2D eigenvalue weighted by molar-refractivity contribution is 1.19. The molecule has 9 aromatic carbocycles. The van der Waals surface area contributed by atoms with Crippen LogP contribution in [0.4, 0.5) is 17.1 Å². The first-order chi connectivity index (χ1) is 31.7. The molecule has 0 aliphatic rings. The highest BCUT2D eigenvalue weighted by Crippen LogP contribution is 2.25. The fourth-order valence-electron chi connectivity index (χ4n) is 6.99. The molecule has 3 nitrogen and oxygen atoms in total. The summed E-state index contributed by atoms with van der Waals surface area (Å²) in [5.41, 5.74) is 14.6. The van der Waals surface area contributed by atoms with E-state index in [0.717, 1.165) is 73.6 Å². The average Bonchev–Trinajstić information content (AvgIpc) is 3.38. The van der Waals surface area contributed by atoms with Crippen molar-refractivity contribution in [2.24, 2.45) is 15.0 Å². The van der Waals surface area contributed by atoms with Gasteiger partial charge in [-0.05, 0) is 105 Å². The van der Waals surface area contributed by atoms with Gasteiger partial charge in [0, 0.05) is 0 Å². The molecular weight excluding hydrogens is 775 g/mol. The summed E-state index contributed by atoms with van der Waals surface area (Å²) in [5.74, 6) is 9.83. The summed E-state index contributed by atoms with van der Waals surface area (Å²) in [5, 5.41) is 0. The minimum Gasteiger partial charge on any atom is -0.206 e. The van der Waals surface area contributed by atoms with Gasteiger partial charge in [-0.3, -0.25) is 0 Å². The van der Waals surface area contributed by atoms with Crippen LogP contribution in [0.2, 0.25) is 0 Å². The highest BCUT2D eigenvalue weighted by molar-refractivity contribution is 6.01. The second-order valence-corrected chi connectivity index (χ2v) is 14.8. The second-order valence-electron chi connectivity index (χ2n) is 14.8. The van der Waals surface area contributed by atoms with Gasteiger partial charge in [-0.15, -0.1) is 0 Å². The van der Waals surface area contributed by atoms with Crippen molar-refractivity contribution in [2.75, 3.05) is 0 Å². The summed E-state index contributed by atoms with van der Waals surface area (Å²) in [6.07, 6.45) is 0.832. The molecule has 3 heteroatoms. The Morgan fingerprint density at radius 2 is 0.438 bits per heavy atom. The highest BCUT2D eigenvalue weighted by Gasteiger charge is 2.07. The number of para-hydroxylation sites is 1. The Labute approximate surface area is 376 Å². The number of nitrogens with zero attached hydrogens (tertiary/aromatic N) is 3. The Kier molecular flexibility index (Phi) is 14.6. The normalized spacial score (nSPS) is 10.1. The van der Waals surface area contributed by atoms with E-state index in [2.05, 4.69) is 130 Å². The maximum absolute atomic E-state index is 4.69. The van der Waals surface area contributed by atoms with Crippen LogP contribution in [-0.2, 0) is 6.42 Å². The standard InChI is InChI=1S/C41H30N2.C20H15N/c1-5-13-34(14-6-1)40(35-15-7-2-8-16-35)30-42-38-25-21-32(22-26-38)29-33-23-27-39(28-24-33)43-31-41(36-17-9-3-10-18-36)37-19-11-4-12-20-37;1-4-10-17(11-5-1)20(18-12-6-2-7-13-18)16-21-19-14-8-3-9-15-19/h1-28H,29H2;1-15H. The Morgan fingerprint density at radius 1 is 0.234 bits per heavy atom. The molecule has 64 heavy (non-hydrogen) atoms. The van der Waals surface area contributed by atoms with Gasteiger partial charge in [0.25, 0.3) is 0 Å². The van der Waals surface area contributed by atoms with E-state index in [9.17, 15) is 0 Å². The Bertz CT molecular complexity index is 2770. The smallest absolute Gasteiger partial charge is 0.0730 e. The lowest BCUT2D eigenvalue weighted by Crippen LogP contribution is -1.89. The fraction of sp³-hybridized carbons (Fsp3) is 0.0164. The Morgan fingerprint density at radius 3 is 0.672 bits per heavy atom. The zero-order chi connectivity index (χ0) is 43.4. The van der Waals surface area contributed by atoms with Gasteiger partial charge in [-0.25, -0.2) is 15.0 Å². The van der Waals surface area contributed by atoms with E-state index >= 15 is 0 Å². The first-order valence-corrected chi connectivity index (χ1v) is 21.3. The summed E-state index contributed by atoms with van der Waals surface area (Å²) in [6.45, 7) is 0. The van der Waals surface area contributed by atoms with Crippen LogP contribution in [0.5, 0.6) is 0 Å². The van der Waals surface area contributed by atoms with Gasteiger partial charge >= 0.3 is 0 Å². The highest BCUT2D eigenvalue weighted by atomic mass is 14.7. The molecule has 0 saturated heterocycles. The summed E-state index contributed by atoms with van der Waals surface area (Å²) in [4.78, 5) is 13.9. The van der Waals surface area contributed by atoms with Crippen molar-refractivity contribution >= 4 is 51.4 Å². The van der Waals surface area contributed by atoms with E-state index in [0.29, 0.717) is 0 Å². The van der Waals surface area contributed by atoms with Crippen LogP contribution in [0.3, 0.4) is 0 Å². The summed E-state index contributed by atoms with van der Waals surface area (Å²) in [7, 11) is 0. The number of hydrogen-bond donors (Lipinski definition) is 0. The molecule has 0 saturated carbocycles. The third-order valence-corrected chi connectivity index (χ3v) is 10.3. The molecule has 0 bridgehead atoms. The van der Waals surface area contributed by atoms with Crippen LogP contribution in [0.15, 0.2) is 276 Å². The maximum atomic E-state index is 4.69. The number of rotatable bonds is 11. The van der Waals surface area contributed by atoms with Gasteiger partial charge in [-0.1, -0.05) is 224 Å². The molecule has 0 aliphatic heterocycles. The van der Waals surface area contributed by atoms with Crippen LogP contribution < -0.4 is 0 Å². The van der Waals surface area contributed by atoms with Crippen molar-refractivity contribution in [3.8, 4) is 0 Å². The molecular formula is C61H45N3. The van der Waals surface area contributed by atoms with Crippen molar-refractivity contribution in [3.05, 3.63) is 305 Å². The van der Waals surface area contributed by atoms with Crippen molar-refractivity contribution < 1.29 is 0 Å². The van der Waals surface area contributed by atoms with Crippen LogP contribution in [0, 0.1) is 0 Å². The second kappa shape index (κ2) is 22.3. The predicted molar refractivity (Wildman–Crippen MR) is 270 cm³/mol. The summed E-state index contributed by atoms with van der Waals surface area (Å²) < 4.78 is 0. The zero-order valence-electron chi connectivity index (χ0n) is 35.4. The molecule has 0 aromatic heterocycles. The Balaban J connectivity index is 0.000000223. The molecule has 0 heterocycles. The van der Waals surface area contributed by atoms with Gasteiger partial charge in [-0.2, -0.15) is 0 Å². The largest absolute Gasteiger partial charge is 0.206 e. The predicted octanol–water partition coefficient (Wildman–Crippen LogP) is 15.3. The lowest BCUT2D eigenvalue weighted by atomic mass is 9.99. The third kappa shape index (κ3) is 12.0. The molecule has 0 spiro atoms. The van der Waals surface area contributed by atoms with E-state index in [-0.39, 0.29) is 0 Å². The molecule has 9 rings (SSSR count). The maximum Gasteiger partial charge on any atom is 0.0730 e. The molecule has 0 N–H and O–H groups in total. The first kappa shape index (κ1) is 42.0. The van der Waals surface area contributed by atoms with E-state index in [1.54, 1.807) is 0 Å². The minimum atomic E-state index is 0.832. The minimum absolute atomic E-state index is 0.832. The van der Waals surface area contributed by atoms with Gasteiger partial charge in [0.1, 0.15) is 0 Å². The molecule has 0 unspecified atom stereocenters. The van der Waals surface area contributed by atoms with Crippen molar-refractivity contribution in [1.82, 2.24) is 0 Å². The van der Waals surface area contributed by atoms with Crippen LogP contribution in [0.1, 0.15) is 44.5 Å². The van der Waals surface area contributed by atoms with E-state index in [4.69, 9.17) is 0 Å². The quantitative estimate of drug-likeness (QED) is 0.117. The van der Waals surface area contributed by atoms with Crippen molar-refractivity contribution in [3.63, 3.8) is 0 Å². The number of hydrogen-bond acceptors (Lipinski definition) is 3. The molecule has 0 fully saturated rings. The molecule has 0 aliphatic carbocycles. The zero-order valence-corrected chi connectivity index (χ0v) is 35.4. The average molecular weight is 820 g/mol. The van der Waals surface area contributed by atoms with E-state index in [1.807, 2.05) is 164 Å². The molecule has 0 amide bonds. The number of benzene rings is 9. The van der Waals surface area contributed by atoms with Crippen LogP contribution >= 0.6 is 0 Å². The summed E-state index contributed by atoms with van der Waals surface area (Å²) in [6, 6.07) is 88.2. The fourth-order valence-corrected chi connectivity index (χ4v) is 6.99. The number of aliphatic imine (C=N–C) groups is 3. The van der Waals surface area contributed by atoms with Crippen LogP contribution in [0.25, 0.3) is 16.7 Å². The topological polar surface area (TPSA) is 37.1 Å². The Hall–Kier alpha value is -8.67. The van der Waals surface area contributed by atoms with Crippen molar-refractivity contribution in [2.45, 2.75) is 6.42 Å². The SMILES string of the molecule is C(=Nc1ccc(Cc2ccc(N=C=C(c3ccccc3)c3ccccc3)cc2)cc1)=C(c1ccccc1)c1ccccc1.C(=Nc1ccccc1)=C(c1ccccc1)c1ccccc1.